The van der Waals surface area contributed by atoms with Crippen molar-refractivity contribution in [2.75, 3.05) is 7.11 Å². The summed E-state index contributed by atoms with van der Waals surface area (Å²) in [5.74, 6) is 1.04. The molecule has 2 heterocycles. The minimum Gasteiger partial charge on any atom is -0.497 e. The summed E-state index contributed by atoms with van der Waals surface area (Å²) in [4.78, 5) is 19.6. The number of nitrogens with one attached hydrogen (secondary N) is 1. The first-order valence-corrected chi connectivity index (χ1v) is 9.75. The van der Waals surface area contributed by atoms with Crippen LogP contribution in [-0.4, -0.2) is 26.9 Å². The molecule has 30 heavy (non-hydrogen) atoms. The second-order valence-electron chi connectivity index (χ2n) is 6.35. The highest BCUT2D eigenvalue weighted by atomic mass is 32.2. The zero-order valence-corrected chi connectivity index (χ0v) is 16.4. The Kier molecular flexibility index (Phi) is 5.25. The van der Waals surface area contributed by atoms with Gasteiger partial charge >= 0.3 is 6.18 Å². The van der Waals surface area contributed by atoms with E-state index in [0.29, 0.717) is 38.9 Å². The van der Waals surface area contributed by atoms with Crippen molar-refractivity contribution in [3.05, 3.63) is 76.2 Å². The molecule has 0 aliphatic carbocycles. The highest BCUT2D eigenvalue weighted by molar-refractivity contribution is 7.98. The topological polar surface area (TPSA) is 72.8 Å². The quantitative estimate of drug-likeness (QED) is 0.373. The molecular formula is C20H15F3N4O2S. The summed E-state index contributed by atoms with van der Waals surface area (Å²) in [6, 6.07) is 12.0. The monoisotopic (exact) mass is 432 g/mol. The number of aromatic nitrogens is 4. The number of thioether (sulfide) groups is 1. The van der Waals surface area contributed by atoms with E-state index in [1.807, 2.05) is 0 Å². The van der Waals surface area contributed by atoms with Crippen LogP contribution in [0, 0.1) is 0 Å². The first-order chi connectivity index (χ1) is 14.3. The second-order valence-corrected chi connectivity index (χ2v) is 7.31. The van der Waals surface area contributed by atoms with Gasteiger partial charge in [-0.3, -0.25) is 4.79 Å². The SMILES string of the molecule is COc1ccc(-n2ncc3c(=O)[nH]c(SCc4ccc(C(F)(F)F)cc4)nc32)cc1. The number of alkyl halides is 3. The van der Waals surface area contributed by atoms with Crippen molar-refractivity contribution < 1.29 is 17.9 Å². The molecule has 0 bridgehead atoms. The minimum absolute atomic E-state index is 0.338. The van der Waals surface area contributed by atoms with Crippen molar-refractivity contribution >= 4 is 22.8 Å². The fourth-order valence-electron chi connectivity index (χ4n) is 2.82. The van der Waals surface area contributed by atoms with Crippen molar-refractivity contribution in [1.82, 2.24) is 19.7 Å². The zero-order chi connectivity index (χ0) is 21.3. The lowest BCUT2D eigenvalue weighted by Crippen LogP contribution is -2.09. The van der Waals surface area contributed by atoms with Crippen molar-refractivity contribution in [3.8, 4) is 11.4 Å². The van der Waals surface area contributed by atoms with Crippen LogP contribution < -0.4 is 10.3 Å². The van der Waals surface area contributed by atoms with Crippen LogP contribution in [0.2, 0.25) is 0 Å². The molecule has 6 nitrogen and oxygen atoms in total. The molecule has 0 aliphatic heterocycles. The molecule has 154 valence electrons. The number of hydrogen-bond acceptors (Lipinski definition) is 5. The molecule has 0 amide bonds. The third-order valence-corrected chi connectivity index (χ3v) is 5.33. The van der Waals surface area contributed by atoms with Gasteiger partial charge in [-0.2, -0.15) is 18.3 Å². The number of ether oxygens (including phenoxy) is 1. The molecule has 4 aromatic rings. The maximum atomic E-state index is 12.7. The van der Waals surface area contributed by atoms with Gasteiger partial charge in [-0.05, 0) is 42.0 Å². The molecule has 1 N–H and O–H groups in total. The first-order valence-electron chi connectivity index (χ1n) is 8.76. The summed E-state index contributed by atoms with van der Waals surface area (Å²) in [5.41, 5.74) is 0.739. The molecule has 2 aromatic carbocycles. The Bertz CT molecular complexity index is 1230. The van der Waals surface area contributed by atoms with E-state index in [4.69, 9.17) is 4.74 Å². The maximum absolute atomic E-state index is 12.7. The fraction of sp³-hybridized carbons (Fsp3) is 0.150. The Morgan fingerprint density at radius 1 is 1.10 bits per heavy atom. The van der Waals surface area contributed by atoms with E-state index in [-0.39, 0.29) is 5.56 Å². The molecule has 0 saturated heterocycles. The average molecular weight is 432 g/mol. The maximum Gasteiger partial charge on any atom is 0.416 e. The van der Waals surface area contributed by atoms with Crippen LogP contribution in [0.25, 0.3) is 16.7 Å². The van der Waals surface area contributed by atoms with Crippen LogP contribution in [0.5, 0.6) is 5.75 Å². The number of benzene rings is 2. The van der Waals surface area contributed by atoms with E-state index in [1.165, 1.54) is 30.1 Å². The summed E-state index contributed by atoms with van der Waals surface area (Å²) in [7, 11) is 1.57. The molecule has 0 unspecified atom stereocenters. The Morgan fingerprint density at radius 2 is 1.80 bits per heavy atom. The van der Waals surface area contributed by atoms with Crippen molar-refractivity contribution in [1.29, 1.82) is 0 Å². The van der Waals surface area contributed by atoms with Gasteiger partial charge in [0, 0.05) is 5.75 Å². The first kappa shape index (κ1) is 20.0. The van der Waals surface area contributed by atoms with Gasteiger partial charge in [-0.1, -0.05) is 23.9 Å². The summed E-state index contributed by atoms with van der Waals surface area (Å²) in [5, 5.41) is 4.94. The number of fused-ring (bicyclic) bond motifs is 1. The number of hydrogen-bond donors (Lipinski definition) is 1. The van der Waals surface area contributed by atoms with Crippen LogP contribution in [-0.2, 0) is 11.9 Å². The van der Waals surface area contributed by atoms with E-state index in [0.717, 1.165) is 12.1 Å². The van der Waals surface area contributed by atoms with Crippen LogP contribution in [0.3, 0.4) is 0 Å². The highest BCUT2D eigenvalue weighted by Crippen LogP contribution is 2.30. The van der Waals surface area contributed by atoms with Gasteiger partial charge < -0.3 is 9.72 Å². The van der Waals surface area contributed by atoms with E-state index < -0.39 is 11.7 Å². The number of aromatic amines is 1. The van der Waals surface area contributed by atoms with Crippen molar-refractivity contribution in [2.45, 2.75) is 17.1 Å². The van der Waals surface area contributed by atoms with Crippen LogP contribution in [0.15, 0.2) is 64.7 Å². The summed E-state index contributed by atoms with van der Waals surface area (Å²) in [6.07, 6.45) is -2.93. The largest absolute Gasteiger partial charge is 0.497 e. The summed E-state index contributed by atoms with van der Waals surface area (Å²) in [6.45, 7) is 0. The van der Waals surface area contributed by atoms with Gasteiger partial charge in [0.1, 0.15) is 11.1 Å². The molecule has 10 heteroatoms. The molecule has 2 aromatic heterocycles. The van der Waals surface area contributed by atoms with E-state index in [9.17, 15) is 18.0 Å². The van der Waals surface area contributed by atoms with Gasteiger partial charge in [-0.25, -0.2) is 9.67 Å². The van der Waals surface area contributed by atoms with Gasteiger partial charge in [0.05, 0.1) is 24.6 Å². The third-order valence-electron chi connectivity index (χ3n) is 4.39. The Morgan fingerprint density at radius 3 is 2.43 bits per heavy atom. The molecule has 0 aliphatic rings. The van der Waals surface area contributed by atoms with Crippen LogP contribution >= 0.6 is 11.8 Å². The lowest BCUT2D eigenvalue weighted by molar-refractivity contribution is -0.137. The molecule has 0 spiro atoms. The number of nitrogens with zero attached hydrogens (tertiary/aromatic N) is 3. The number of rotatable bonds is 5. The van der Waals surface area contributed by atoms with Crippen LogP contribution in [0.1, 0.15) is 11.1 Å². The van der Waals surface area contributed by atoms with Gasteiger partial charge in [0.25, 0.3) is 5.56 Å². The molecule has 0 saturated carbocycles. The number of methoxy groups -OCH3 is 1. The van der Waals surface area contributed by atoms with E-state index in [1.54, 1.807) is 36.1 Å². The Balaban J connectivity index is 1.60. The third kappa shape index (κ3) is 4.04. The minimum atomic E-state index is -4.37. The Labute approximate surface area is 172 Å². The lowest BCUT2D eigenvalue weighted by Gasteiger charge is -2.08. The van der Waals surface area contributed by atoms with Gasteiger partial charge in [0.2, 0.25) is 0 Å². The zero-order valence-electron chi connectivity index (χ0n) is 15.6. The molecule has 0 fully saturated rings. The summed E-state index contributed by atoms with van der Waals surface area (Å²) < 4.78 is 44.7. The molecule has 0 atom stereocenters. The normalized spacial score (nSPS) is 11.7. The average Bonchev–Trinajstić information content (AvgIpc) is 3.16. The van der Waals surface area contributed by atoms with Crippen molar-refractivity contribution in [3.63, 3.8) is 0 Å². The van der Waals surface area contributed by atoms with Crippen LogP contribution in [0.4, 0.5) is 13.2 Å². The van der Waals surface area contributed by atoms with E-state index >= 15 is 0 Å². The molecular weight excluding hydrogens is 417 g/mol. The van der Waals surface area contributed by atoms with Gasteiger partial charge in [0.15, 0.2) is 10.8 Å². The predicted octanol–water partition coefficient (Wildman–Crippen LogP) is 4.43. The standard InChI is InChI=1S/C20H15F3N4O2S/c1-29-15-8-6-14(7-9-15)27-17-16(10-24-27)18(28)26-19(25-17)30-11-12-2-4-13(5-3-12)20(21,22)23/h2-10H,11H2,1H3,(H,25,26,28). The van der Waals surface area contributed by atoms with Gasteiger partial charge in [-0.15, -0.1) is 0 Å². The second kappa shape index (κ2) is 7.86. The molecule has 0 radical (unpaired) electrons. The lowest BCUT2D eigenvalue weighted by atomic mass is 10.1. The number of H-pyrrole nitrogens is 1. The number of halogens is 3. The predicted molar refractivity (Wildman–Crippen MR) is 107 cm³/mol. The van der Waals surface area contributed by atoms with Crippen molar-refractivity contribution in [2.24, 2.45) is 0 Å². The van der Waals surface area contributed by atoms with E-state index in [2.05, 4.69) is 15.1 Å². The fourth-order valence-corrected chi connectivity index (χ4v) is 3.63. The molecule has 4 rings (SSSR count). The highest BCUT2D eigenvalue weighted by Gasteiger charge is 2.29. The summed E-state index contributed by atoms with van der Waals surface area (Å²) >= 11 is 1.22. The Hall–Kier alpha value is -3.27. The smallest absolute Gasteiger partial charge is 0.416 e.